The van der Waals surface area contributed by atoms with E-state index in [-0.39, 0.29) is 23.0 Å². The second-order valence-corrected chi connectivity index (χ2v) is 9.42. The molecule has 23 heavy (non-hydrogen) atoms. The fourth-order valence-electron chi connectivity index (χ4n) is 1.93. The van der Waals surface area contributed by atoms with Gasteiger partial charge >= 0.3 is 0 Å². The van der Waals surface area contributed by atoms with Crippen molar-refractivity contribution < 1.29 is 21.3 Å². The molecule has 0 aliphatic carbocycles. The summed E-state index contributed by atoms with van der Waals surface area (Å²) in [5.41, 5.74) is 0. The molecule has 0 bridgehead atoms. The highest BCUT2D eigenvalue weighted by Gasteiger charge is 2.32. The quantitative estimate of drug-likeness (QED) is 0.799. The monoisotopic (exact) mass is 377 g/mol. The molecule has 126 valence electrons. The van der Waals surface area contributed by atoms with Crippen molar-refractivity contribution in [1.29, 1.82) is 0 Å². The topological polar surface area (TPSA) is 93.4 Å². The van der Waals surface area contributed by atoms with Gasteiger partial charge in [0.25, 0.3) is 0 Å². The van der Waals surface area contributed by atoms with Crippen molar-refractivity contribution >= 4 is 31.5 Å². The standard InChI is InChI=1S/C14H16ClNO5S2/c1-2-22(17,18)16-10-14(13-4-3-9-21-13)23(19,20)12-7-5-11(15)6-8-12/h3-9,14,16H,2,10H2,1H3/t14-/m1/s1. The molecular formula is C14H16ClNO5S2. The van der Waals surface area contributed by atoms with E-state index in [4.69, 9.17) is 16.0 Å². The molecule has 1 N–H and O–H groups in total. The Hall–Kier alpha value is -1.35. The van der Waals surface area contributed by atoms with Gasteiger partial charge in [0.05, 0.1) is 16.9 Å². The first kappa shape index (κ1) is 18.0. The van der Waals surface area contributed by atoms with Gasteiger partial charge in [-0.15, -0.1) is 0 Å². The summed E-state index contributed by atoms with van der Waals surface area (Å²) in [4.78, 5) is 0.0407. The number of benzene rings is 1. The zero-order valence-electron chi connectivity index (χ0n) is 12.3. The van der Waals surface area contributed by atoms with Crippen LogP contribution in [0.25, 0.3) is 0 Å². The van der Waals surface area contributed by atoms with Crippen LogP contribution in [0, 0.1) is 0 Å². The Kier molecular flexibility index (Phi) is 5.51. The van der Waals surface area contributed by atoms with E-state index in [9.17, 15) is 16.8 Å². The maximum Gasteiger partial charge on any atom is 0.211 e. The van der Waals surface area contributed by atoms with Gasteiger partial charge in [-0.1, -0.05) is 11.6 Å². The third-order valence-corrected chi connectivity index (χ3v) is 6.94. The van der Waals surface area contributed by atoms with Gasteiger partial charge in [-0.05, 0) is 43.3 Å². The molecule has 1 aromatic heterocycles. The van der Waals surface area contributed by atoms with Crippen molar-refractivity contribution in [2.24, 2.45) is 0 Å². The van der Waals surface area contributed by atoms with Crippen LogP contribution in [0.1, 0.15) is 17.9 Å². The van der Waals surface area contributed by atoms with Gasteiger partial charge in [0, 0.05) is 11.6 Å². The number of furan rings is 1. The molecule has 0 aliphatic rings. The molecule has 6 nitrogen and oxygen atoms in total. The Labute approximate surface area is 140 Å². The average molecular weight is 378 g/mol. The van der Waals surface area contributed by atoms with Crippen LogP contribution in [-0.2, 0) is 19.9 Å². The maximum absolute atomic E-state index is 12.8. The van der Waals surface area contributed by atoms with Crippen molar-refractivity contribution in [3.8, 4) is 0 Å². The van der Waals surface area contributed by atoms with Crippen LogP contribution in [0.4, 0.5) is 0 Å². The number of rotatable bonds is 7. The van der Waals surface area contributed by atoms with E-state index < -0.39 is 25.1 Å². The van der Waals surface area contributed by atoms with Crippen LogP contribution in [0.3, 0.4) is 0 Å². The van der Waals surface area contributed by atoms with Crippen LogP contribution < -0.4 is 4.72 Å². The maximum atomic E-state index is 12.8. The summed E-state index contributed by atoms with van der Waals surface area (Å²) < 4.78 is 56.4. The van der Waals surface area contributed by atoms with E-state index in [1.165, 1.54) is 43.5 Å². The molecule has 1 atom stereocenters. The minimum absolute atomic E-state index is 0.0407. The molecule has 9 heteroatoms. The number of sulfonamides is 1. The zero-order valence-corrected chi connectivity index (χ0v) is 14.7. The molecule has 0 unspecified atom stereocenters. The fraction of sp³-hybridized carbons (Fsp3) is 0.286. The van der Waals surface area contributed by atoms with E-state index in [0.29, 0.717) is 5.02 Å². The Balaban J connectivity index is 2.39. The first-order valence-electron chi connectivity index (χ1n) is 6.76. The molecule has 0 radical (unpaired) electrons. The molecule has 0 saturated carbocycles. The predicted octanol–water partition coefficient (Wildman–Crippen LogP) is 2.39. The largest absolute Gasteiger partial charge is 0.468 e. The first-order valence-corrected chi connectivity index (χ1v) is 10.3. The van der Waals surface area contributed by atoms with E-state index in [1.54, 1.807) is 6.07 Å². The van der Waals surface area contributed by atoms with E-state index in [2.05, 4.69) is 4.72 Å². The number of nitrogens with one attached hydrogen (secondary N) is 1. The predicted molar refractivity (Wildman–Crippen MR) is 87.6 cm³/mol. The van der Waals surface area contributed by atoms with Crippen LogP contribution in [-0.4, -0.2) is 29.1 Å². The zero-order chi connectivity index (χ0) is 17.1. The Morgan fingerprint density at radius 3 is 2.30 bits per heavy atom. The SMILES string of the molecule is CCS(=O)(=O)NC[C@H](c1ccco1)S(=O)(=O)c1ccc(Cl)cc1. The molecule has 0 amide bonds. The van der Waals surface area contributed by atoms with Crippen molar-refractivity contribution in [2.75, 3.05) is 12.3 Å². The minimum atomic E-state index is -3.85. The highest BCUT2D eigenvalue weighted by molar-refractivity contribution is 7.92. The third-order valence-electron chi connectivity index (χ3n) is 3.25. The molecule has 0 aliphatic heterocycles. The normalized spacial score (nSPS) is 13.8. The third kappa shape index (κ3) is 4.35. The molecule has 2 aromatic rings. The van der Waals surface area contributed by atoms with E-state index in [0.717, 1.165) is 0 Å². The second kappa shape index (κ2) is 7.04. The van der Waals surface area contributed by atoms with Gasteiger partial charge in [-0.25, -0.2) is 21.6 Å². The Morgan fingerprint density at radius 2 is 1.78 bits per heavy atom. The summed E-state index contributed by atoms with van der Waals surface area (Å²) in [7, 11) is -7.38. The van der Waals surface area contributed by atoms with Gasteiger partial charge in [-0.3, -0.25) is 0 Å². The van der Waals surface area contributed by atoms with Crippen LogP contribution >= 0.6 is 11.6 Å². The minimum Gasteiger partial charge on any atom is -0.468 e. The average Bonchev–Trinajstić information content (AvgIpc) is 3.01. The van der Waals surface area contributed by atoms with Crippen molar-refractivity contribution in [2.45, 2.75) is 17.1 Å². The van der Waals surface area contributed by atoms with Crippen LogP contribution in [0.5, 0.6) is 0 Å². The molecule has 1 aromatic carbocycles. The lowest BCUT2D eigenvalue weighted by atomic mass is 10.3. The lowest BCUT2D eigenvalue weighted by Crippen LogP contribution is -2.32. The molecule has 0 spiro atoms. The summed E-state index contributed by atoms with van der Waals surface area (Å²) in [6.45, 7) is 1.16. The Bertz CT molecular complexity index is 843. The van der Waals surface area contributed by atoms with Gasteiger partial charge in [0.15, 0.2) is 9.84 Å². The molecule has 0 saturated heterocycles. The number of sulfone groups is 1. The summed E-state index contributed by atoms with van der Waals surface area (Å²) in [6.07, 6.45) is 1.34. The number of hydrogen-bond donors (Lipinski definition) is 1. The Morgan fingerprint density at radius 1 is 1.13 bits per heavy atom. The van der Waals surface area contributed by atoms with E-state index in [1.807, 2.05) is 0 Å². The summed E-state index contributed by atoms with van der Waals surface area (Å²) >= 11 is 5.78. The summed E-state index contributed by atoms with van der Waals surface area (Å²) in [6, 6.07) is 8.73. The molecule has 0 fully saturated rings. The first-order chi connectivity index (χ1) is 10.8. The summed E-state index contributed by atoms with van der Waals surface area (Å²) in [5, 5.41) is -0.759. The van der Waals surface area contributed by atoms with Crippen LogP contribution in [0.2, 0.25) is 5.02 Å². The number of halogens is 1. The highest BCUT2D eigenvalue weighted by Crippen LogP contribution is 2.29. The second-order valence-electron chi connectivity index (χ2n) is 4.75. The van der Waals surface area contributed by atoms with Gasteiger partial charge in [-0.2, -0.15) is 0 Å². The van der Waals surface area contributed by atoms with Crippen molar-refractivity contribution in [1.82, 2.24) is 4.72 Å². The van der Waals surface area contributed by atoms with Crippen molar-refractivity contribution in [3.63, 3.8) is 0 Å². The molecular weight excluding hydrogens is 362 g/mol. The van der Waals surface area contributed by atoms with Gasteiger partial charge < -0.3 is 4.42 Å². The lowest BCUT2D eigenvalue weighted by molar-refractivity contribution is 0.486. The highest BCUT2D eigenvalue weighted by atomic mass is 35.5. The molecule has 1 heterocycles. The number of hydrogen-bond acceptors (Lipinski definition) is 5. The van der Waals surface area contributed by atoms with Crippen LogP contribution in [0.15, 0.2) is 52.0 Å². The van der Waals surface area contributed by atoms with Crippen molar-refractivity contribution in [3.05, 3.63) is 53.4 Å². The van der Waals surface area contributed by atoms with Gasteiger partial charge in [0.2, 0.25) is 10.0 Å². The lowest BCUT2D eigenvalue weighted by Gasteiger charge is -2.16. The van der Waals surface area contributed by atoms with E-state index >= 15 is 0 Å². The molecule has 2 rings (SSSR count). The van der Waals surface area contributed by atoms with Gasteiger partial charge in [0.1, 0.15) is 11.0 Å². The summed E-state index contributed by atoms with van der Waals surface area (Å²) in [5.74, 6) is 0.0255. The smallest absolute Gasteiger partial charge is 0.211 e. The fourth-order valence-corrected chi connectivity index (χ4v) is 4.37.